The van der Waals surface area contributed by atoms with Crippen LogP contribution in [-0.2, 0) is 9.47 Å². The summed E-state index contributed by atoms with van der Waals surface area (Å²) in [7, 11) is 1.20. The highest BCUT2D eigenvalue weighted by molar-refractivity contribution is 6.02. The quantitative estimate of drug-likeness (QED) is 0.755. The van der Waals surface area contributed by atoms with Crippen molar-refractivity contribution >= 4 is 11.9 Å². The molecule has 2 rings (SSSR count). The normalized spacial score (nSPS) is 19.1. The molecule has 1 heterocycles. The van der Waals surface area contributed by atoms with Crippen LogP contribution in [0, 0.1) is 0 Å². The molecule has 0 saturated carbocycles. The van der Waals surface area contributed by atoms with Crippen LogP contribution in [0.1, 0.15) is 39.3 Å². The number of aromatic hydroxyl groups is 1. The van der Waals surface area contributed by atoms with Gasteiger partial charge in [-0.25, -0.2) is 9.59 Å². The molecule has 0 aliphatic carbocycles. The van der Waals surface area contributed by atoms with Crippen molar-refractivity contribution in [3.8, 4) is 5.75 Å². The molecule has 1 aromatic rings. The van der Waals surface area contributed by atoms with E-state index in [-0.39, 0.29) is 22.4 Å². The predicted octanol–water partition coefficient (Wildman–Crippen LogP) is 0.771. The highest BCUT2D eigenvalue weighted by Gasteiger charge is 2.40. The van der Waals surface area contributed by atoms with Gasteiger partial charge < -0.3 is 19.7 Å². The van der Waals surface area contributed by atoms with Crippen LogP contribution in [0.4, 0.5) is 0 Å². The van der Waals surface area contributed by atoms with E-state index in [1.165, 1.54) is 26.2 Å². The molecule has 2 unspecified atom stereocenters. The van der Waals surface area contributed by atoms with Crippen LogP contribution in [0.15, 0.2) is 12.1 Å². The fourth-order valence-corrected chi connectivity index (χ4v) is 1.98. The highest BCUT2D eigenvalue weighted by Crippen LogP contribution is 2.40. The number of aliphatic hydroxyl groups is 1. The van der Waals surface area contributed by atoms with Crippen LogP contribution in [0.5, 0.6) is 5.75 Å². The minimum absolute atomic E-state index is 0.0937. The standard InChI is InChI=1S/C12H12O6/c1-5(13)10-8-6(11(15)17-2)3-4-7(14)9(8)12(16)18-10/h3-5,10,13-14H,1-2H3. The second-order valence-electron chi connectivity index (χ2n) is 3.98. The van der Waals surface area contributed by atoms with Gasteiger partial charge in [-0.2, -0.15) is 0 Å². The Labute approximate surface area is 103 Å². The Morgan fingerprint density at radius 3 is 2.72 bits per heavy atom. The molecule has 18 heavy (non-hydrogen) atoms. The molecule has 0 bridgehead atoms. The lowest BCUT2D eigenvalue weighted by Crippen LogP contribution is -2.17. The number of phenolic OH excluding ortho intramolecular Hbond substituents is 1. The molecule has 0 spiro atoms. The van der Waals surface area contributed by atoms with Gasteiger partial charge >= 0.3 is 11.9 Å². The molecule has 6 nitrogen and oxygen atoms in total. The zero-order chi connectivity index (χ0) is 13.4. The van der Waals surface area contributed by atoms with E-state index in [9.17, 15) is 19.8 Å². The van der Waals surface area contributed by atoms with Crippen LogP contribution in [0.25, 0.3) is 0 Å². The maximum Gasteiger partial charge on any atom is 0.343 e. The van der Waals surface area contributed by atoms with Gasteiger partial charge in [0.2, 0.25) is 0 Å². The summed E-state index contributed by atoms with van der Waals surface area (Å²) in [5.74, 6) is -1.71. The predicted molar refractivity (Wildman–Crippen MR) is 59.3 cm³/mol. The molecule has 0 amide bonds. The molecule has 6 heteroatoms. The number of esters is 2. The molecule has 0 saturated heterocycles. The number of hydrogen-bond acceptors (Lipinski definition) is 6. The van der Waals surface area contributed by atoms with Crippen molar-refractivity contribution in [1.29, 1.82) is 0 Å². The lowest BCUT2D eigenvalue weighted by atomic mass is 9.95. The molecular weight excluding hydrogens is 240 g/mol. The van der Waals surface area contributed by atoms with Crippen molar-refractivity contribution in [2.45, 2.75) is 19.1 Å². The maximum atomic E-state index is 11.6. The summed E-state index contributed by atoms with van der Waals surface area (Å²) < 4.78 is 9.55. The zero-order valence-corrected chi connectivity index (χ0v) is 9.84. The van der Waals surface area contributed by atoms with Crippen molar-refractivity contribution < 1.29 is 29.3 Å². The van der Waals surface area contributed by atoms with Gasteiger partial charge in [0.1, 0.15) is 11.3 Å². The second-order valence-corrected chi connectivity index (χ2v) is 3.98. The summed E-state index contributed by atoms with van der Waals surface area (Å²) >= 11 is 0. The van der Waals surface area contributed by atoms with Crippen molar-refractivity contribution in [1.82, 2.24) is 0 Å². The van der Waals surface area contributed by atoms with Gasteiger partial charge in [0.25, 0.3) is 0 Å². The van der Waals surface area contributed by atoms with Gasteiger partial charge in [0.15, 0.2) is 6.10 Å². The monoisotopic (exact) mass is 252 g/mol. The van der Waals surface area contributed by atoms with Crippen LogP contribution in [0.2, 0.25) is 0 Å². The van der Waals surface area contributed by atoms with E-state index in [4.69, 9.17) is 4.74 Å². The third-order valence-corrected chi connectivity index (χ3v) is 2.79. The molecule has 2 atom stereocenters. The van der Waals surface area contributed by atoms with Crippen molar-refractivity contribution in [3.63, 3.8) is 0 Å². The first kappa shape index (κ1) is 12.4. The van der Waals surface area contributed by atoms with Crippen molar-refractivity contribution in [2.24, 2.45) is 0 Å². The van der Waals surface area contributed by atoms with Crippen molar-refractivity contribution in [2.75, 3.05) is 7.11 Å². The topological polar surface area (TPSA) is 93.1 Å². The number of carbonyl (C=O) groups excluding carboxylic acids is 2. The molecule has 2 N–H and O–H groups in total. The lowest BCUT2D eigenvalue weighted by molar-refractivity contribution is -0.00326. The third kappa shape index (κ3) is 1.70. The van der Waals surface area contributed by atoms with Gasteiger partial charge in [0.05, 0.1) is 18.8 Å². The van der Waals surface area contributed by atoms with Crippen molar-refractivity contribution in [3.05, 3.63) is 28.8 Å². The van der Waals surface area contributed by atoms with Crippen LogP contribution >= 0.6 is 0 Å². The summed E-state index contributed by atoms with van der Waals surface area (Å²) in [5.41, 5.74) is 0.174. The molecule has 1 aliphatic heterocycles. The summed E-state index contributed by atoms with van der Waals surface area (Å²) in [6, 6.07) is 2.55. The zero-order valence-electron chi connectivity index (χ0n) is 9.84. The number of phenols is 1. The molecular formula is C12H12O6. The minimum Gasteiger partial charge on any atom is -0.507 e. The highest BCUT2D eigenvalue weighted by atomic mass is 16.6. The summed E-state index contributed by atoms with van der Waals surface area (Å²) in [6.45, 7) is 1.43. The Kier molecular flexibility index (Phi) is 2.96. The lowest BCUT2D eigenvalue weighted by Gasteiger charge is -2.15. The number of methoxy groups -OCH3 is 1. The molecule has 96 valence electrons. The van der Waals surface area contributed by atoms with Gasteiger partial charge in [-0.05, 0) is 19.1 Å². The largest absolute Gasteiger partial charge is 0.507 e. The number of benzene rings is 1. The van der Waals surface area contributed by atoms with Gasteiger partial charge in [-0.3, -0.25) is 0 Å². The van der Waals surface area contributed by atoms with Crippen LogP contribution in [-0.4, -0.2) is 35.4 Å². The summed E-state index contributed by atoms with van der Waals surface area (Å²) in [4.78, 5) is 23.2. The molecule has 0 fully saturated rings. The first-order valence-electron chi connectivity index (χ1n) is 5.30. The SMILES string of the molecule is COC(=O)c1ccc(O)c2c1C(C(C)O)OC2=O. The number of fused-ring (bicyclic) bond motifs is 1. The third-order valence-electron chi connectivity index (χ3n) is 2.79. The van der Waals surface area contributed by atoms with E-state index in [0.717, 1.165) is 0 Å². The first-order chi connectivity index (χ1) is 8.47. The number of hydrogen-bond donors (Lipinski definition) is 2. The fraction of sp³-hybridized carbons (Fsp3) is 0.333. The Balaban J connectivity index is 2.67. The second kappa shape index (κ2) is 4.30. The smallest absolute Gasteiger partial charge is 0.343 e. The number of carbonyl (C=O) groups is 2. The molecule has 0 aromatic heterocycles. The van der Waals surface area contributed by atoms with Gasteiger partial charge in [-0.15, -0.1) is 0 Å². The van der Waals surface area contributed by atoms with Crippen LogP contribution < -0.4 is 0 Å². The molecule has 1 aliphatic rings. The Hall–Kier alpha value is -2.08. The number of cyclic esters (lactones) is 1. The number of ether oxygens (including phenoxy) is 2. The van der Waals surface area contributed by atoms with E-state index in [1.807, 2.05) is 0 Å². The average Bonchev–Trinajstić information content (AvgIpc) is 2.68. The van der Waals surface area contributed by atoms with E-state index in [0.29, 0.717) is 0 Å². The average molecular weight is 252 g/mol. The maximum absolute atomic E-state index is 11.6. The summed E-state index contributed by atoms with van der Waals surface area (Å²) in [5, 5.41) is 19.2. The summed E-state index contributed by atoms with van der Waals surface area (Å²) in [6.07, 6.45) is -1.98. The Morgan fingerprint density at radius 2 is 2.17 bits per heavy atom. The van der Waals surface area contributed by atoms with Gasteiger partial charge in [0, 0.05) is 5.56 Å². The van der Waals surface area contributed by atoms with E-state index in [1.54, 1.807) is 0 Å². The Bertz CT molecular complexity index is 520. The Morgan fingerprint density at radius 1 is 1.50 bits per heavy atom. The fourth-order valence-electron chi connectivity index (χ4n) is 1.98. The van der Waals surface area contributed by atoms with E-state index in [2.05, 4.69) is 4.74 Å². The van der Waals surface area contributed by atoms with Gasteiger partial charge in [-0.1, -0.05) is 0 Å². The van der Waals surface area contributed by atoms with E-state index >= 15 is 0 Å². The van der Waals surface area contributed by atoms with E-state index < -0.39 is 24.1 Å². The molecule has 1 aromatic carbocycles. The minimum atomic E-state index is -1.000. The number of aliphatic hydroxyl groups excluding tert-OH is 1. The first-order valence-corrected chi connectivity index (χ1v) is 5.30. The van der Waals surface area contributed by atoms with Crippen LogP contribution in [0.3, 0.4) is 0 Å². The molecule has 0 radical (unpaired) electrons. The number of rotatable bonds is 2.